The molecule has 0 saturated carbocycles. The molecule has 9 heteroatoms. The Labute approximate surface area is 180 Å². The van der Waals surface area contributed by atoms with Crippen molar-refractivity contribution in [2.75, 3.05) is 16.8 Å². The molecule has 1 heterocycles. The maximum atomic E-state index is 12.4. The van der Waals surface area contributed by atoms with Crippen molar-refractivity contribution in [2.45, 2.75) is 19.9 Å². The Kier molecular flexibility index (Phi) is 6.12. The van der Waals surface area contributed by atoms with Gasteiger partial charge in [-0.25, -0.2) is 4.79 Å². The highest BCUT2D eigenvalue weighted by Gasteiger charge is 2.41. The minimum atomic E-state index is -1.08. The first-order valence-corrected chi connectivity index (χ1v) is 9.73. The summed E-state index contributed by atoms with van der Waals surface area (Å²) in [7, 11) is 0. The van der Waals surface area contributed by atoms with Gasteiger partial charge in [0.15, 0.2) is 12.4 Å². The Balaban J connectivity index is 1.65. The summed E-state index contributed by atoms with van der Waals surface area (Å²) in [5.41, 5.74) is 1.35. The van der Waals surface area contributed by atoms with E-state index in [1.165, 1.54) is 32.0 Å². The molecule has 2 aromatic rings. The monoisotopic (exact) mass is 472 g/mol. The van der Waals surface area contributed by atoms with Crippen LogP contribution in [0.4, 0.5) is 11.4 Å². The Bertz CT molecular complexity index is 1060. The SMILES string of the molecule is CC(=O)Nc1ccc(C(=O)COC(=O)[C@@H](C)N2C(=O)C(=O)c3cc(Br)ccc32)cc1. The number of benzene rings is 2. The van der Waals surface area contributed by atoms with E-state index < -0.39 is 36.1 Å². The van der Waals surface area contributed by atoms with Gasteiger partial charge in [0.05, 0.1) is 11.3 Å². The third kappa shape index (κ3) is 4.30. The summed E-state index contributed by atoms with van der Waals surface area (Å²) in [4.78, 5) is 61.3. The minimum absolute atomic E-state index is 0.198. The van der Waals surface area contributed by atoms with Crippen LogP contribution in [0.2, 0.25) is 0 Å². The van der Waals surface area contributed by atoms with Crippen molar-refractivity contribution >= 4 is 56.7 Å². The van der Waals surface area contributed by atoms with Gasteiger partial charge in [-0.05, 0) is 49.4 Å². The molecule has 1 N–H and O–H groups in total. The number of hydrogen-bond acceptors (Lipinski definition) is 6. The van der Waals surface area contributed by atoms with Gasteiger partial charge in [0.25, 0.3) is 11.7 Å². The van der Waals surface area contributed by atoms with Crippen molar-refractivity contribution in [1.82, 2.24) is 0 Å². The number of halogens is 1. The second kappa shape index (κ2) is 8.58. The van der Waals surface area contributed by atoms with Gasteiger partial charge in [0, 0.05) is 22.6 Å². The van der Waals surface area contributed by atoms with Crippen LogP contribution in [0.15, 0.2) is 46.9 Å². The summed E-state index contributed by atoms with van der Waals surface area (Å²) in [5.74, 6) is -3.03. The van der Waals surface area contributed by atoms with Crippen molar-refractivity contribution in [2.24, 2.45) is 0 Å². The molecule has 2 aromatic carbocycles. The molecule has 0 radical (unpaired) electrons. The first-order chi connectivity index (χ1) is 14.2. The molecule has 0 unspecified atom stereocenters. The fraction of sp³-hybridized carbons (Fsp3) is 0.190. The van der Waals surface area contributed by atoms with Gasteiger partial charge < -0.3 is 10.1 Å². The number of carbonyl (C=O) groups excluding carboxylic acids is 5. The molecule has 0 bridgehead atoms. The molecule has 30 heavy (non-hydrogen) atoms. The number of hydrogen-bond donors (Lipinski definition) is 1. The highest BCUT2D eigenvalue weighted by atomic mass is 79.9. The van der Waals surface area contributed by atoms with Crippen molar-refractivity contribution in [3.05, 3.63) is 58.1 Å². The van der Waals surface area contributed by atoms with E-state index in [1.807, 2.05) is 0 Å². The largest absolute Gasteiger partial charge is 0.456 e. The molecule has 1 aliphatic heterocycles. The van der Waals surface area contributed by atoms with E-state index >= 15 is 0 Å². The number of carbonyl (C=O) groups is 5. The number of ketones is 2. The lowest BCUT2D eigenvalue weighted by Crippen LogP contribution is -2.43. The average molecular weight is 473 g/mol. The fourth-order valence-electron chi connectivity index (χ4n) is 3.01. The first kappa shape index (κ1) is 21.4. The molecule has 154 valence electrons. The second-order valence-corrected chi connectivity index (χ2v) is 7.55. The number of esters is 1. The number of nitrogens with zero attached hydrogens (tertiary/aromatic N) is 1. The van der Waals surface area contributed by atoms with Crippen molar-refractivity contribution in [3.8, 4) is 0 Å². The van der Waals surface area contributed by atoms with Crippen molar-refractivity contribution < 1.29 is 28.7 Å². The summed E-state index contributed by atoms with van der Waals surface area (Å²) in [5, 5.41) is 2.58. The number of anilines is 2. The zero-order valence-corrected chi connectivity index (χ0v) is 17.7. The Hall–Kier alpha value is -3.33. The number of Topliss-reactive ketones (excluding diaryl/α,β-unsaturated/α-hetero) is 2. The van der Waals surface area contributed by atoms with Gasteiger partial charge in [0.1, 0.15) is 6.04 Å². The zero-order valence-electron chi connectivity index (χ0n) is 16.1. The molecule has 8 nitrogen and oxygen atoms in total. The number of amides is 2. The molecular formula is C21H17BrN2O6. The molecule has 0 fully saturated rings. The summed E-state index contributed by atoms with van der Waals surface area (Å²) >= 11 is 3.25. The molecule has 0 saturated heterocycles. The molecule has 3 rings (SSSR count). The Morgan fingerprint density at radius 3 is 2.40 bits per heavy atom. The minimum Gasteiger partial charge on any atom is -0.456 e. The van der Waals surface area contributed by atoms with Crippen molar-refractivity contribution in [1.29, 1.82) is 0 Å². The van der Waals surface area contributed by atoms with E-state index in [4.69, 9.17) is 4.74 Å². The molecule has 1 atom stereocenters. The van der Waals surface area contributed by atoms with Gasteiger partial charge in [-0.3, -0.25) is 24.1 Å². The lowest BCUT2D eigenvalue weighted by molar-refractivity contribution is -0.144. The topological polar surface area (TPSA) is 110 Å². The summed E-state index contributed by atoms with van der Waals surface area (Å²) in [6, 6.07) is 9.77. The predicted octanol–water partition coefficient (Wildman–Crippen LogP) is 2.75. The normalized spacial score (nSPS) is 13.6. The van der Waals surface area contributed by atoms with Gasteiger partial charge in [-0.2, -0.15) is 0 Å². The van der Waals surface area contributed by atoms with Crippen LogP contribution < -0.4 is 10.2 Å². The maximum absolute atomic E-state index is 12.4. The third-order valence-electron chi connectivity index (χ3n) is 4.48. The number of fused-ring (bicyclic) bond motifs is 1. The molecule has 1 aliphatic rings. The van der Waals surface area contributed by atoms with E-state index in [0.29, 0.717) is 21.4 Å². The van der Waals surface area contributed by atoms with E-state index in [-0.39, 0.29) is 11.5 Å². The summed E-state index contributed by atoms with van der Waals surface area (Å²) in [6.45, 7) is 2.28. The van der Waals surface area contributed by atoms with Crippen LogP contribution in [0.5, 0.6) is 0 Å². The first-order valence-electron chi connectivity index (χ1n) is 8.94. The smallest absolute Gasteiger partial charge is 0.329 e. The van der Waals surface area contributed by atoms with E-state index in [1.54, 1.807) is 24.3 Å². The summed E-state index contributed by atoms with van der Waals surface area (Å²) in [6.07, 6.45) is 0. The number of ether oxygens (including phenoxy) is 1. The Morgan fingerprint density at radius 1 is 1.10 bits per heavy atom. The molecule has 0 aliphatic carbocycles. The summed E-state index contributed by atoms with van der Waals surface area (Å²) < 4.78 is 5.71. The number of nitrogens with one attached hydrogen (secondary N) is 1. The third-order valence-corrected chi connectivity index (χ3v) is 4.97. The van der Waals surface area contributed by atoms with Gasteiger partial charge in [-0.15, -0.1) is 0 Å². The molecular weight excluding hydrogens is 456 g/mol. The standard InChI is InChI=1S/C21H17BrN2O6/c1-11(24-17-8-5-14(22)9-16(17)19(27)20(24)28)21(29)30-10-18(26)13-3-6-15(7-4-13)23-12(2)25/h3-9,11H,10H2,1-2H3,(H,23,25)/t11-/m1/s1. The molecule has 0 aromatic heterocycles. The van der Waals surface area contributed by atoms with Crippen molar-refractivity contribution in [3.63, 3.8) is 0 Å². The van der Waals surface area contributed by atoms with Crippen LogP contribution in [0.25, 0.3) is 0 Å². The van der Waals surface area contributed by atoms with E-state index in [9.17, 15) is 24.0 Å². The molecule has 2 amide bonds. The van der Waals surface area contributed by atoms with Crippen LogP contribution >= 0.6 is 15.9 Å². The van der Waals surface area contributed by atoms with Crippen LogP contribution in [-0.2, 0) is 19.1 Å². The van der Waals surface area contributed by atoms with E-state index in [2.05, 4.69) is 21.2 Å². The van der Waals surface area contributed by atoms with E-state index in [0.717, 1.165) is 4.90 Å². The maximum Gasteiger partial charge on any atom is 0.329 e. The highest BCUT2D eigenvalue weighted by Crippen LogP contribution is 2.33. The lowest BCUT2D eigenvalue weighted by Gasteiger charge is -2.22. The lowest BCUT2D eigenvalue weighted by atomic mass is 10.1. The zero-order chi connectivity index (χ0) is 22.0. The molecule has 0 spiro atoms. The Morgan fingerprint density at radius 2 is 1.77 bits per heavy atom. The van der Waals surface area contributed by atoms with Crippen LogP contribution in [0, 0.1) is 0 Å². The average Bonchev–Trinajstić information content (AvgIpc) is 2.95. The fourth-order valence-corrected chi connectivity index (χ4v) is 3.37. The predicted molar refractivity (Wildman–Crippen MR) is 111 cm³/mol. The van der Waals surface area contributed by atoms with Crippen LogP contribution in [0.3, 0.4) is 0 Å². The van der Waals surface area contributed by atoms with Gasteiger partial charge >= 0.3 is 5.97 Å². The number of rotatable bonds is 6. The highest BCUT2D eigenvalue weighted by molar-refractivity contribution is 9.10. The second-order valence-electron chi connectivity index (χ2n) is 6.63. The van der Waals surface area contributed by atoms with Gasteiger partial charge in [-0.1, -0.05) is 15.9 Å². The van der Waals surface area contributed by atoms with Gasteiger partial charge in [0.2, 0.25) is 5.91 Å². The van der Waals surface area contributed by atoms with Crippen LogP contribution in [0.1, 0.15) is 34.6 Å². The quantitative estimate of drug-likeness (QED) is 0.393. The van der Waals surface area contributed by atoms with Crippen LogP contribution in [-0.4, -0.2) is 42.0 Å².